The number of fused-ring (bicyclic) bond motifs is 1. The van der Waals surface area contributed by atoms with Crippen LogP contribution < -0.4 is 24.8 Å². The molecule has 0 bridgehead atoms. The van der Waals surface area contributed by atoms with Crippen molar-refractivity contribution in [3.8, 4) is 17.2 Å². The third-order valence-electron chi connectivity index (χ3n) is 6.82. The molecule has 0 saturated carbocycles. The number of hydrogen-bond donors (Lipinski definition) is 2. The molecule has 5 rings (SSSR count). The summed E-state index contributed by atoms with van der Waals surface area (Å²) < 4.78 is 20.2. The first kappa shape index (κ1) is 30.5. The van der Waals surface area contributed by atoms with Gasteiger partial charge in [-0.25, -0.2) is 4.68 Å². The first-order valence-corrected chi connectivity index (χ1v) is 15.8. The van der Waals surface area contributed by atoms with Crippen molar-refractivity contribution in [3.05, 3.63) is 93.1 Å². The van der Waals surface area contributed by atoms with E-state index in [1.54, 1.807) is 11.8 Å². The van der Waals surface area contributed by atoms with Crippen molar-refractivity contribution in [1.82, 2.24) is 14.8 Å². The molecule has 43 heavy (non-hydrogen) atoms. The number of benzene rings is 3. The van der Waals surface area contributed by atoms with Crippen molar-refractivity contribution in [2.24, 2.45) is 0 Å². The Hall–Kier alpha value is -3.96. The van der Waals surface area contributed by atoms with E-state index in [9.17, 15) is 4.79 Å². The SMILES string of the molecule is CCOc1ccccc1NC(=O)C1=C(C)Nc2nc(SCC)nn2C1c1cc(Br)c(OCc2cccc(C)c2)c(OC)c1. The highest BCUT2D eigenvalue weighted by Gasteiger charge is 2.35. The highest BCUT2D eigenvalue weighted by atomic mass is 79.9. The largest absolute Gasteiger partial charge is 0.493 e. The van der Waals surface area contributed by atoms with Crippen molar-refractivity contribution >= 4 is 45.2 Å². The highest BCUT2D eigenvalue weighted by molar-refractivity contribution is 9.10. The Labute approximate surface area is 264 Å². The summed E-state index contributed by atoms with van der Waals surface area (Å²) in [5, 5.41) is 11.8. The number of nitrogens with zero attached hydrogens (tertiary/aromatic N) is 3. The van der Waals surface area contributed by atoms with E-state index in [0.29, 0.717) is 63.0 Å². The summed E-state index contributed by atoms with van der Waals surface area (Å²) in [7, 11) is 1.60. The maximum atomic E-state index is 14.1. The number of carbonyl (C=O) groups excluding carboxylic acids is 1. The molecule has 1 aromatic heterocycles. The molecule has 2 heterocycles. The lowest BCUT2D eigenvalue weighted by atomic mass is 9.94. The lowest BCUT2D eigenvalue weighted by Crippen LogP contribution is -2.31. The summed E-state index contributed by atoms with van der Waals surface area (Å²) in [6, 6.07) is 18.8. The molecule has 0 radical (unpaired) electrons. The van der Waals surface area contributed by atoms with E-state index in [1.807, 2.05) is 69.3 Å². The molecule has 3 aromatic carbocycles. The molecule has 2 N–H and O–H groups in total. The van der Waals surface area contributed by atoms with E-state index in [2.05, 4.69) is 50.6 Å². The number of hydrogen-bond acceptors (Lipinski definition) is 8. The van der Waals surface area contributed by atoms with Gasteiger partial charge in [-0.3, -0.25) is 4.79 Å². The third kappa shape index (κ3) is 6.67. The van der Waals surface area contributed by atoms with Gasteiger partial charge in [0.1, 0.15) is 18.4 Å². The van der Waals surface area contributed by atoms with Crippen LogP contribution in [0.3, 0.4) is 0 Å². The van der Waals surface area contributed by atoms with Gasteiger partial charge >= 0.3 is 0 Å². The third-order valence-corrected chi connectivity index (χ3v) is 8.13. The Kier molecular flexibility index (Phi) is 9.62. The number of para-hydroxylation sites is 2. The zero-order chi connectivity index (χ0) is 30.5. The number of ether oxygens (including phenoxy) is 3. The Morgan fingerprint density at radius 1 is 1.07 bits per heavy atom. The normalized spacial score (nSPS) is 14.1. The fraction of sp³-hybridized carbons (Fsp3) is 0.281. The Morgan fingerprint density at radius 3 is 2.63 bits per heavy atom. The predicted octanol–water partition coefficient (Wildman–Crippen LogP) is 7.37. The van der Waals surface area contributed by atoms with Crippen LogP contribution in [0, 0.1) is 6.92 Å². The van der Waals surface area contributed by atoms with Crippen LogP contribution in [0.4, 0.5) is 11.6 Å². The number of nitrogens with one attached hydrogen (secondary N) is 2. The number of aryl methyl sites for hydroxylation is 1. The number of allylic oxidation sites excluding steroid dienone is 1. The zero-order valence-electron chi connectivity index (χ0n) is 24.7. The number of methoxy groups -OCH3 is 1. The van der Waals surface area contributed by atoms with Crippen LogP contribution >= 0.6 is 27.7 Å². The van der Waals surface area contributed by atoms with E-state index >= 15 is 0 Å². The summed E-state index contributed by atoms with van der Waals surface area (Å²) in [5.74, 6) is 2.77. The fourth-order valence-electron chi connectivity index (χ4n) is 4.96. The molecule has 1 unspecified atom stereocenters. The van der Waals surface area contributed by atoms with Crippen LogP contribution in [0.15, 0.2) is 81.6 Å². The number of amides is 1. The average Bonchev–Trinajstić information content (AvgIpc) is 3.38. The van der Waals surface area contributed by atoms with Gasteiger partial charge < -0.3 is 24.8 Å². The molecule has 224 valence electrons. The summed E-state index contributed by atoms with van der Waals surface area (Å²) in [6.45, 7) is 8.72. The van der Waals surface area contributed by atoms with Gasteiger partial charge in [-0.1, -0.05) is 60.6 Å². The lowest BCUT2D eigenvalue weighted by molar-refractivity contribution is -0.113. The minimum Gasteiger partial charge on any atom is -0.493 e. The monoisotopic (exact) mass is 663 g/mol. The maximum Gasteiger partial charge on any atom is 0.255 e. The maximum absolute atomic E-state index is 14.1. The van der Waals surface area contributed by atoms with Gasteiger partial charge in [-0.2, -0.15) is 4.98 Å². The van der Waals surface area contributed by atoms with Crippen LogP contribution in [0.5, 0.6) is 17.2 Å². The molecule has 9 nitrogen and oxygen atoms in total. The number of thioether (sulfide) groups is 1. The summed E-state index contributed by atoms with van der Waals surface area (Å²) in [6.07, 6.45) is 0. The van der Waals surface area contributed by atoms with Crippen molar-refractivity contribution in [1.29, 1.82) is 0 Å². The molecule has 1 atom stereocenters. The van der Waals surface area contributed by atoms with Crippen LogP contribution in [0.1, 0.15) is 43.5 Å². The molecular weight excluding hydrogens is 630 g/mol. The van der Waals surface area contributed by atoms with Crippen LogP contribution in [-0.4, -0.2) is 40.1 Å². The summed E-state index contributed by atoms with van der Waals surface area (Å²) in [4.78, 5) is 18.7. The van der Waals surface area contributed by atoms with E-state index in [0.717, 1.165) is 22.4 Å². The first-order valence-electron chi connectivity index (χ1n) is 14.0. The second-order valence-electron chi connectivity index (χ2n) is 9.86. The lowest BCUT2D eigenvalue weighted by Gasteiger charge is -2.29. The number of anilines is 2. The molecule has 0 aliphatic carbocycles. The fourth-order valence-corrected chi connectivity index (χ4v) is 6.09. The molecule has 1 amide bonds. The van der Waals surface area contributed by atoms with Crippen molar-refractivity contribution in [3.63, 3.8) is 0 Å². The van der Waals surface area contributed by atoms with Gasteiger partial charge in [0.25, 0.3) is 5.91 Å². The van der Waals surface area contributed by atoms with Crippen molar-refractivity contribution < 1.29 is 19.0 Å². The molecule has 0 spiro atoms. The van der Waals surface area contributed by atoms with Crippen molar-refractivity contribution in [2.45, 2.75) is 45.5 Å². The first-order chi connectivity index (χ1) is 20.8. The predicted molar refractivity (Wildman–Crippen MR) is 173 cm³/mol. The molecule has 1 aliphatic rings. The van der Waals surface area contributed by atoms with Crippen LogP contribution in [-0.2, 0) is 11.4 Å². The molecule has 1 aliphatic heterocycles. The highest BCUT2D eigenvalue weighted by Crippen LogP contribution is 2.43. The topological polar surface area (TPSA) is 99.5 Å². The van der Waals surface area contributed by atoms with Gasteiger partial charge in [0.15, 0.2) is 11.5 Å². The van der Waals surface area contributed by atoms with Gasteiger partial charge in [0.05, 0.1) is 29.4 Å². The number of rotatable bonds is 11. The standard InChI is InChI=1S/C32H34BrN5O4S/c1-6-41-25-14-9-8-13-24(25)35-30(39)27-20(4)34-31-36-32(43-7-2)37-38(31)28(27)22-16-23(33)29(26(17-22)40-5)42-18-21-12-10-11-19(3)15-21/h8-17,28H,6-7,18H2,1-5H3,(H,35,39)(H,34,36,37). The number of halogens is 1. The molecule has 0 fully saturated rings. The van der Waals surface area contributed by atoms with Crippen molar-refractivity contribution in [2.75, 3.05) is 30.1 Å². The van der Waals surface area contributed by atoms with E-state index in [4.69, 9.17) is 19.3 Å². The van der Waals surface area contributed by atoms with Gasteiger partial charge in [0.2, 0.25) is 11.1 Å². The smallest absolute Gasteiger partial charge is 0.255 e. The van der Waals surface area contributed by atoms with Crippen LogP contribution in [0.2, 0.25) is 0 Å². The van der Waals surface area contributed by atoms with Gasteiger partial charge in [-0.05, 0) is 77.8 Å². The Morgan fingerprint density at radius 2 is 1.88 bits per heavy atom. The van der Waals surface area contributed by atoms with Gasteiger partial charge in [0, 0.05) is 5.70 Å². The van der Waals surface area contributed by atoms with Gasteiger partial charge in [-0.15, -0.1) is 5.10 Å². The van der Waals surface area contributed by atoms with E-state index in [1.165, 1.54) is 11.8 Å². The molecule has 0 saturated heterocycles. The number of carbonyl (C=O) groups is 1. The molecule has 11 heteroatoms. The van der Waals surface area contributed by atoms with E-state index in [-0.39, 0.29) is 5.91 Å². The number of aromatic nitrogens is 3. The zero-order valence-corrected chi connectivity index (χ0v) is 27.1. The molecular formula is C32H34BrN5O4S. The summed E-state index contributed by atoms with van der Waals surface area (Å²) in [5.41, 5.74) is 4.72. The van der Waals surface area contributed by atoms with E-state index < -0.39 is 6.04 Å². The Bertz CT molecular complexity index is 1670. The minimum absolute atomic E-state index is 0.289. The average molecular weight is 665 g/mol. The minimum atomic E-state index is -0.606. The Balaban J connectivity index is 1.55. The van der Waals surface area contributed by atoms with Crippen LogP contribution in [0.25, 0.3) is 0 Å². The summed E-state index contributed by atoms with van der Waals surface area (Å²) >= 11 is 5.25. The molecule has 4 aromatic rings. The second kappa shape index (κ2) is 13.6. The quantitative estimate of drug-likeness (QED) is 0.160. The second-order valence-corrected chi connectivity index (χ2v) is 11.9.